The predicted molar refractivity (Wildman–Crippen MR) is 113 cm³/mol. The van der Waals surface area contributed by atoms with E-state index in [1.54, 1.807) is 0 Å². The van der Waals surface area contributed by atoms with Crippen molar-refractivity contribution < 1.29 is 9.53 Å². The Labute approximate surface area is 171 Å². The fourth-order valence-electron chi connectivity index (χ4n) is 4.66. The maximum Gasteiger partial charge on any atom is 0.215 e. The fourth-order valence-corrected chi connectivity index (χ4v) is 4.66. The van der Waals surface area contributed by atoms with E-state index in [4.69, 9.17) is 4.74 Å². The number of hydrogen-bond acceptors (Lipinski definition) is 4. The van der Waals surface area contributed by atoms with Crippen molar-refractivity contribution in [1.82, 2.24) is 14.8 Å². The molecule has 1 unspecified atom stereocenters. The maximum atomic E-state index is 12.6. The van der Waals surface area contributed by atoms with Gasteiger partial charge in [0.05, 0.1) is 5.69 Å². The second-order valence-electron chi connectivity index (χ2n) is 8.73. The van der Waals surface area contributed by atoms with Gasteiger partial charge in [-0.25, -0.2) is 0 Å². The number of ether oxygens (including phenoxy) is 1. The number of carbonyl (C=O) groups is 1. The van der Waals surface area contributed by atoms with Crippen molar-refractivity contribution in [2.75, 3.05) is 6.61 Å². The largest absolute Gasteiger partial charge is 0.470 e. The van der Waals surface area contributed by atoms with Gasteiger partial charge in [-0.05, 0) is 62.1 Å². The van der Waals surface area contributed by atoms with Crippen LogP contribution in [-0.4, -0.2) is 27.2 Å². The van der Waals surface area contributed by atoms with Gasteiger partial charge in [-0.2, -0.15) is 10.1 Å². The smallest absolute Gasteiger partial charge is 0.215 e. The number of fused-ring (bicyclic) bond motifs is 2. The van der Waals surface area contributed by atoms with Crippen LogP contribution in [-0.2, 0) is 18.3 Å². The van der Waals surface area contributed by atoms with Gasteiger partial charge in [0.1, 0.15) is 6.61 Å². The van der Waals surface area contributed by atoms with Gasteiger partial charge in [0.15, 0.2) is 11.4 Å². The molecule has 3 aromatic rings. The van der Waals surface area contributed by atoms with E-state index in [0.29, 0.717) is 24.1 Å². The zero-order chi connectivity index (χ0) is 20.1. The fraction of sp³-hybridized carbons (Fsp3) is 0.458. The van der Waals surface area contributed by atoms with E-state index >= 15 is 0 Å². The Morgan fingerprint density at radius 1 is 1.21 bits per heavy atom. The van der Waals surface area contributed by atoms with Crippen molar-refractivity contribution >= 4 is 16.8 Å². The van der Waals surface area contributed by atoms with Gasteiger partial charge >= 0.3 is 0 Å². The van der Waals surface area contributed by atoms with E-state index in [-0.39, 0.29) is 12.4 Å². The molecule has 0 bridgehead atoms. The second-order valence-corrected chi connectivity index (χ2v) is 8.73. The highest BCUT2D eigenvalue weighted by molar-refractivity contribution is 5.84. The number of aromatic nitrogens is 3. The number of nitrogens with zero attached hydrogens (tertiary/aromatic N) is 3. The molecule has 0 aliphatic heterocycles. The van der Waals surface area contributed by atoms with E-state index in [1.165, 1.54) is 29.5 Å². The van der Waals surface area contributed by atoms with Crippen LogP contribution in [0.3, 0.4) is 0 Å². The van der Waals surface area contributed by atoms with Gasteiger partial charge in [0.2, 0.25) is 5.88 Å². The molecule has 0 N–H and O–H groups in total. The first-order valence-electron chi connectivity index (χ1n) is 10.6. The molecule has 1 saturated carbocycles. The maximum absolute atomic E-state index is 12.6. The molecule has 1 fully saturated rings. The van der Waals surface area contributed by atoms with Crippen LogP contribution in [0.4, 0.5) is 0 Å². The molecule has 5 heteroatoms. The Morgan fingerprint density at radius 2 is 2.03 bits per heavy atom. The zero-order valence-corrected chi connectivity index (χ0v) is 17.4. The lowest BCUT2D eigenvalue weighted by Gasteiger charge is -2.12. The molecule has 5 rings (SSSR count). The highest BCUT2D eigenvalue weighted by Crippen LogP contribution is 2.43. The summed E-state index contributed by atoms with van der Waals surface area (Å²) in [5.41, 5.74) is 7.11. The Hall–Kier alpha value is -2.69. The summed E-state index contributed by atoms with van der Waals surface area (Å²) in [5.74, 6) is 1.53. The Kier molecular flexibility index (Phi) is 4.41. The molecule has 0 saturated heterocycles. The quantitative estimate of drug-likeness (QED) is 0.621. The Balaban J connectivity index is 1.28. The third-order valence-corrected chi connectivity index (χ3v) is 6.32. The van der Waals surface area contributed by atoms with E-state index in [0.717, 1.165) is 35.1 Å². The summed E-state index contributed by atoms with van der Waals surface area (Å²) in [6.45, 7) is 4.25. The van der Waals surface area contributed by atoms with Crippen LogP contribution >= 0.6 is 0 Å². The van der Waals surface area contributed by atoms with Crippen LogP contribution < -0.4 is 4.74 Å². The minimum absolute atomic E-state index is 0.0724. The van der Waals surface area contributed by atoms with Crippen LogP contribution in [0.15, 0.2) is 24.3 Å². The molecule has 1 aromatic carbocycles. The van der Waals surface area contributed by atoms with Gasteiger partial charge < -0.3 is 4.74 Å². The lowest BCUT2D eigenvalue weighted by molar-refractivity contribution is -0.121. The normalized spacial score (nSPS) is 18.2. The lowest BCUT2D eigenvalue weighted by Crippen LogP contribution is -2.15. The standard InChI is InChI=1S/C24H27N3O2/c1-14-4-5-16-6-9-18(20(16)10-14)12-19(28)13-29-21-11-15(2)22-23(17-7-8-17)26-27(3)24(22)25-21/h4-5,10-11,17-18H,6-9,12-13H2,1-3H3. The number of ketones is 1. The molecule has 5 nitrogen and oxygen atoms in total. The molecule has 2 aliphatic carbocycles. The first kappa shape index (κ1) is 18.3. The molecule has 1 atom stereocenters. The van der Waals surface area contributed by atoms with Gasteiger partial charge in [-0.15, -0.1) is 0 Å². The molecule has 2 heterocycles. The SMILES string of the molecule is Cc1ccc2c(c1)C(CC(=O)COc1cc(C)c3c(C4CC4)nn(C)c3n1)CC2. The van der Waals surface area contributed by atoms with Crippen LogP contribution in [0.1, 0.15) is 65.5 Å². The zero-order valence-electron chi connectivity index (χ0n) is 17.4. The van der Waals surface area contributed by atoms with Crippen LogP contribution in [0.25, 0.3) is 11.0 Å². The second kappa shape index (κ2) is 6.97. The molecule has 150 valence electrons. The van der Waals surface area contributed by atoms with Gasteiger partial charge in [-0.3, -0.25) is 9.48 Å². The van der Waals surface area contributed by atoms with Crippen LogP contribution in [0.2, 0.25) is 0 Å². The molecule has 0 radical (unpaired) electrons. The number of pyridine rings is 1. The number of carbonyl (C=O) groups excluding carboxylic acids is 1. The number of benzene rings is 1. The van der Waals surface area contributed by atoms with Crippen molar-refractivity contribution in [3.8, 4) is 5.88 Å². The minimum Gasteiger partial charge on any atom is -0.470 e. The summed E-state index contributed by atoms with van der Waals surface area (Å²) in [4.78, 5) is 17.3. The van der Waals surface area contributed by atoms with Crippen molar-refractivity contribution in [1.29, 1.82) is 0 Å². The number of rotatable bonds is 6. The highest BCUT2D eigenvalue weighted by atomic mass is 16.5. The average Bonchev–Trinajstić information content (AvgIpc) is 3.39. The number of hydrogen-bond donors (Lipinski definition) is 0. The summed E-state index contributed by atoms with van der Waals surface area (Å²) in [5, 5.41) is 5.82. The summed E-state index contributed by atoms with van der Waals surface area (Å²) >= 11 is 0. The van der Waals surface area contributed by atoms with Gasteiger partial charge in [-0.1, -0.05) is 23.8 Å². The summed E-state index contributed by atoms with van der Waals surface area (Å²) in [6, 6.07) is 8.54. The monoisotopic (exact) mass is 389 g/mol. The highest BCUT2D eigenvalue weighted by Gasteiger charge is 2.30. The third-order valence-electron chi connectivity index (χ3n) is 6.32. The lowest BCUT2D eigenvalue weighted by atomic mass is 9.95. The van der Waals surface area contributed by atoms with Crippen molar-refractivity contribution in [3.63, 3.8) is 0 Å². The third kappa shape index (κ3) is 3.43. The predicted octanol–water partition coefficient (Wildman–Crippen LogP) is 4.53. The van der Waals surface area contributed by atoms with E-state index in [2.05, 4.69) is 42.1 Å². The van der Waals surface area contributed by atoms with Gasteiger partial charge in [0, 0.05) is 30.8 Å². The van der Waals surface area contributed by atoms with Crippen molar-refractivity contribution in [3.05, 3.63) is 52.2 Å². The topological polar surface area (TPSA) is 57.0 Å². The summed E-state index contributed by atoms with van der Waals surface area (Å²) in [7, 11) is 1.93. The molecule has 29 heavy (non-hydrogen) atoms. The minimum atomic E-state index is 0.0724. The van der Waals surface area contributed by atoms with Crippen molar-refractivity contribution in [2.45, 2.75) is 57.8 Å². The van der Waals surface area contributed by atoms with E-state index in [1.807, 2.05) is 17.8 Å². The molecule has 0 amide bonds. The molecular formula is C24H27N3O2. The van der Waals surface area contributed by atoms with Gasteiger partial charge in [0.25, 0.3) is 0 Å². The van der Waals surface area contributed by atoms with Crippen LogP contribution in [0, 0.1) is 13.8 Å². The molecule has 2 aromatic heterocycles. The van der Waals surface area contributed by atoms with Crippen molar-refractivity contribution in [2.24, 2.45) is 7.05 Å². The average molecular weight is 389 g/mol. The Bertz CT molecular complexity index is 1110. The summed E-state index contributed by atoms with van der Waals surface area (Å²) < 4.78 is 7.65. The first-order chi connectivity index (χ1) is 14.0. The van der Waals surface area contributed by atoms with E-state index in [9.17, 15) is 4.79 Å². The van der Waals surface area contributed by atoms with E-state index < -0.39 is 0 Å². The Morgan fingerprint density at radius 3 is 2.83 bits per heavy atom. The van der Waals surface area contributed by atoms with Crippen LogP contribution in [0.5, 0.6) is 5.88 Å². The molecule has 0 spiro atoms. The number of Topliss-reactive ketones (excluding diaryl/α,β-unsaturated/α-hetero) is 1. The number of aryl methyl sites for hydroxylation is 4. The summed E-state index contributed by atoms with van der Waals surface area (Å²) in [6.07, 6.45) is 5.07. The first-order valence-corrected chi connectivity index (χ1v) is 10.6. The molecule has 2 aliphatic rings. The molecular weight excluding hydrogens is 362 g/mol.